The number of rotatable bonds is 6. The third kappa shape index (κ3) is 4.03. The van der Waals surface area contributed by atoms with E-state index < -0.39 is 0 Å². The van der Waals surface area contributed by atoms with Gasteiger partial charge in [-0.05, 0) is 37.1 Å². The first-order valence-electron chi connectivity index (χ1n) is 5.39. The summed E-state index contributed by atoms with van der Waals surface area (Å²) >= 11 is 0. The Morgan fingerprint density at radius 3 is 2.62 bits per heavy atom. The molecular weight excluding hydrogens is 205 g/mol. The number of allylic oxidation sites excluding steroid dienone is 1. The first-order chi connectivity index (χ1) is 7.63. The Bertz CT molecular complexity index is 323. The zero-order chi connectivity index (χ0) is 12.0. The van der Waals surface area contributed by atoms with Crippen molar-refractivity contribution in [2.75, 3.05) is 18.5 Å². The molecule has 3 heteroatoms. The van der Waals surface area contributed by atoms with Gasteiger partial charge in [0.1, 0.15) is 5.82 Å². The summed E-state index contributed by atoms with van der Waals surface area (Å²) in [5.41, 5.74) is 0.902. The molecule has 0 saturated heterocycles. The lowest BCUT2D eigenvalue weighted by Gasteiger charge is -2.22. The second kappa shape index (κ2) is 6.28. The first-order valence-corrected chi connectivity index (χ1v) is 5.39. The van der Waals surface area contributed by atoms with Gasteiger partial charge in [0.2, 0.25) is 0 Å². The minimum atomic E-state index is -0.381. The maximum Gasteiger partial charge on any atom is 0.123 e. The maximum absolute atomic E-state index is 12.7. The van der Waals surface area contributed by atoms with E-state index in [9.17, 15) is 9.50 Å². The van der Waals surface area contributed by atoms with Crippen LogP contribution in [0.4, 0.5) is 10.1 Å². The average molecular weight is 223 g/mol. The normalized spacial score (nSPS) is 12.2. The van der Waals surface area contributed by atoms with E-state index in [1.807, 2.05) is 11.9 Å². The van der Waals surface area contributed by atoms with Gasteiger partial charge in [0.25, 0.3) is 0 Å². The Balaban J connectivity index is 2.48. The number of nitrogens with zero attached hydrogens (tertiary/aromatic N) is 1. The number of aliphatic hydroxyl groups is 1. The predicted molar refractivity (Wildman–Crippen MR) is 65.1 cm³/mol. The second-order valence-corrected chi connectivity index (χ2v) is 3.88. The van der Waals surface area contributed by atoms with Crippen LogP contribution in [0.2, 0.25) is 0 Å². The van der Waals surface area contributed by atoms with E-state index in [-0.39, 0.29) is 11.9 Å². The monoisotopic (exact) mass is 223 g/mol. The van der Waals surface area contributed by atoms with Gasteiger partial charge < -0.3 is 10.0 Å². The van der Waals surface area contributed by atoms with Gasteiger partial charge in [-0.1, -0.05) is 6.08 Å². The van der Waals surface area contributed by atoms with Crippen molar-refractivity contribution in [3.8, 4) is 0 Å². The molecule has 16 heavy (non-hydrogen) atoms. The zero-order valence-electron chi connectivity index (χ0n) is 9.56. The lowest BCUT2D eigenvalue weighted by Crippen LogP contribution is -2.28. The Hall–Kier alpha value is -1.35. The SMILES string of the molecule is C=CCCC(O)CN(C)c1ccc(F)cc1. The summed E-state index contributed by atoms with van der Waals surface area (Å²) in [6, 6.07) is 6.25. The van der Waals surface area contributed by atoms with Crippen LogP contribution in [0.1, 0.15) is 12.8 Å². The van der Waals surface area contributed by atoms with Crippen LogP contribution in [-0.2, 0) is 0 Å². The van der Waals surface area contributed by atoms with Gasteiger partial charge in [0.15, 0.2) is 0 Å². The van der Waals surface area contributed by atoms with Crippen molar-refractivity contribution in [2.24, 2.45) is 0 Å². The minimum Gasteiger partial charge on any atom is -0.391 e. The molecule has 0 saturated carbocycles. The van der Waals surface area contributed by atoms with E-state index in [1.165, 1.54) is 12.1 Å². The van der Waals surface area contributed by atoms with Crippen molar-refractivity contribution in [1.29, 1.82) is 0 Å². The molecule has 0 bridgehead atoms. The van der Waals surface area contributed by atoms with Gasteiger partial charge in [-0.25, -0.2) is 4.39 Å². The van der Waals surface area contributed by atoms with Crippen molar-refractivity contribution < 1.29 is 9.50 Å². The Kier molecular flexibility index (Phi) is 4.99. The number of halogens is 1. The number of likely N-dealkylation sites (N-methyl/N-ethyl adjacent to an activating group) is 1. The molecule has 0 aliphatic rings. The molecule has 0 heterocycles. The molecule has 1 N–H and O–H groups in total. The van der Waals surface area contributed by atoms with E-state index in [1.54, 1.807) is 18.2 Å². The summed E-state index contributed by atoms with van der Waals surface area (Å²) in [5.74, 6) is -0.246. The lowest BCUT2D eigenvalue weighted by molar-refractivity contribution is 0.172. The molecule has 1 atom stereocenters. The molecule has 0 aliphatic heterocycles. The van der Waals surface area contributed by atoms with Crippen molar-refractivity contribution in [1.82, 2.24) is 0 Å². The highest BCUT2D eigenvalue weighted by Crippen LogP contribution is 2.14. The molecule has 2 nitrogen and oxygen atoms in total. The van der Waals surface area contributed by atoms with Gasteiger partial charge in [0.05, 0.1) is 6.10 Å². The lowest BCUT2D eigenvalue weighted by atomic mass is 10.2. The topological polar surface area (TPSA) is 23.5 Å². The van der Waals surface area contributed by atoms with Crippen LogP contribution in [0.3, 0.4) is 0 Å². The van der Waals surface area contributed by atoms with Crippen LogP contribution < -0.4 is 4.90 Å². The zero-order valence-corrected chi connectivity index (χ0v) is 9.56. The van der Waals surface area contributed by atoms with Crippen LogP contribution in [0.5, 0.6) is 0 Å². The first kappa shape index (κ1) is 12.7. The van der Waals surface area contributed by atoms with E-state index in [2.05, 4.69) is 6.58 Å². The molecule has 1 unspecified atom stereocenters. The summed E-state index contributed by atoms with van der Waals surface area (Å²) in [6.07, 6.45) is 2.92. The van der Waals surface area contributed by atoms with E-state index in [0.29, 0.717) is 13.0 Å². The van der Waals surface area contributed by atoms with Crippen LogP contribution in [0.15, 0.2) is 36.9 Å². The molecule has 1 aromatic carbocycles. The van der Waals surface area contributed by atoms with Gasteiger partial charge in [-0.3, -0.25) is 0 Å². The molecule has 0 radical (unpaired) electrons. The third-order valence-electron chi connectivity index (χ3n) is 2.46. The number of benzene rings is 1. The molecule has 0 spiro atoms. The highest BCUT2D eigenvalue weighted by Gasteiger charge is 2.07. The molecule has 1 aromatic rings. The molecule has 0 amide bonds. The summed E-state index contributed by atoms with van der Waals surface area (Å²) < 4.78 is 12.7. The molecule has 0 fully saturated rings. The molecular formula is C13H18FNO. The maximum atomic E-state index is 12.7. The molecule has 1 rings (SSSR count). The fraction of sp³-hybridized carbons (Fsp3) is 0.385. The number of anilines is 1. The van der Waals surface area contributed by atoms with Gasteiger partial charge >= 0.3 is 0 Å². The van der Waals surface area contributed by atoms with Crippen LogP contribution in [0.25, 0.3) is 0 Å². The molecule has 88 valence electrons. The van der Waals surface area contributed by atoms with Gasteiger partial charge in [-0.15, -0.1) is 6.58 Å². The standard InChI is InChI=1S/C13H18FNO/c1-3-4-5-13(16)10-15(2)12-8-6-11(14)7-9-12/h3,6-9,13,16H,1,4-5,10H2,2H3. The van der Waals surface area contributed by atoms with Crippen molar-refractivity contribution >= 4 is 5.69 Å². The molecule has 0 aliphatic carbocycles. The highest BCUT2D eigenvalue weighted by atomic mass is 19.1. The Morgan fingerprint density at radius 1 is 1.44 bits per heavy atom. The second-order valence-electron chi connectivity index (χ2n) is 3.88. The van der Waals surface area contributed by atoms with E-state index in [0.717, 1.165) is 12.1 Å². The number of aliphatic hydroxyl groups excluding tert-OH is 1. The van der Waals surface area contributed by atoms with Gasteiger partial charge in [-0.2, -0.15) is 0 Å². The van der Waals surface area contributed by atoms with Crippen LogP contribution in [0, 0.1) is 5.82 Å². The quantitative estimate of drug-likeness (QED) is 0.749. The summed E-state index contributed by atoms with van der Waals surface area (Å²) in [4.78, 5) is 1.91. The van der Waals surface area contributed by atoms with E-state index in [4.69, 9.17) is 0 Å². The van der Waals surface area contributed by atoms with Crippen LogP contribution >= 0.6 is 0 Å². The number of hydrogen-bond acceptors (Lipinski definition) is 2. The van der Waals surface area contributed by atoms with Crippen LogP contribution in [-0.4, -0.2) is 24.8 Å². The van der Waals surface area contributed by atoms with Crippen molar-refractivity contribution in [3.05, 3.63) is 42.7 Å². The van der Waals surface area contributed by atoms with Gasteiger partial charge in [0, 0.05) is 19.3 Å². The summed E-state index contributed by atoms with van der Waals surface area (Å²) in [5, 5.41) is 9.70. The smallest absolute Gasteiger partial charge is 0.123 e. The Morgan fingerprint density at radius 2 is 2.06 bits per heavy atom. The summed E-state index contributed by atoms with van der Waals surface area (Å²) in [7, 11) is 1.88. The minimum absolute atomic E-state index is 0.246. The Labute approximate surface area is 96.0 Å². The predicted octanol–water partition coefficient (Wildman–Crippen LogP) is 2.59. The van der Waals surface area contributed by atoms with Crippen molar-refractivity contribution in [2.45, 2.75) is 18.9 Å². The van der Waals surface area contributed by atoms with Crippen molar-refractivity contribution in [3.63, 3.8) is 0 Å². The van der Waals surface area contributed by atoms with E-state index >= 15 is 0 Å². The highest BCUT2D eigenvalue weighted by molar-refractivity contribution is 5.45. The summed E-state index contributed by atoms with van der Waals surface area (Å²) in [6.45, 7) is 4.15. The molecule has 0 aromatic heterocycles. The average Bonchev–Trinajstić information content (AvgIpc) is 2.27. The third-order valence-corrected chi connectivity index (χ3v) is 2.46. The largest absolute Gasteiger partial charge is 0.391 e. The number of hydrogen-bond donors (Lipinski definition) is 1. The fourth-order valence-electron chi connectivity index (χ4n) is 1.52. The fourth-order valence-corrected chi connectivity index (χ4v) is 1.52.